The molecule has 0 radical (unpaired) electrons. The lowest BCUT2D eigenvalue weighted by Crippen LogP contribution is -2.37. The van der Waals surface area contributed by atoms with Crippen LogP contribution in [0.15, 0.2) is 36.5 Å². The van der Waals surface area contributed by atoms with E-state index in [-0.39, 0.29) is 18.3 Å². The molecular weight excluding hydrogens is 295 g/mol. The number of carbonyl (C=O) groups is 1. The van der Waals surface area contributed by atoms with Gasteiger partial charge in [-0.3, -0.25) is 9.48 Å². The van der Waals surface area contributed by atoms with Gasteiger partial charge in [-0.1, -0.05) is 0 Å². The quantitative estimate of drug-likeness (QED) is 0.870. The summed E-state index contributed by atoms with van der Waals surface area (Å²) in [5, 5.41) is 4.26. The molecule has 23 heavy (non-hydrogen) atoms. The summed E-state index contributed by atoms with van der Waals surface area (Å²) in [5.41, 5.74) is 1.92. The van der Waals surface area contributed by atoms with E-state index in [1.165, 1.54) is 12.1 Å². The normalized spacial score (nSPS) is 15.6. The van der Waals surface area contributed by atoms with Gasteiger partial charge in [0.2, 0.25) is 5.91 Å². The van der Waals surface area contributed by atoms with E-state index in [0.29, 0.717) is 6.54 Å². The third kappa shape index (κ3) is 3.88. The maximum atomic E-state index is 13.0. The second-order valence-corrected chi connectivity index (χ2v) is 5.85. The predicted molar refractivity (Wildman–Crippen MR) is 86.8 cm³/mol. The van der Waals surface area contributed by atoms with E-state index in [9.17, 15) is 9.18 Å². The first-order chi connectivity index (χ1) is 11.1. The van der Waals surface area contributed by atoms with Crippen molar-refractivity contribution >= 4 is 11.6 Å². The van der Waals surface area contributed by atoms with Crippen LogP contribution in [0.25, 0.3) is 0 Å². The van der Waals surface area contributed by atoms with Crippen LogP contribution in [-0.2, 0) is 11.3 Å². The predicted octanol–water partition coefficient (Wildman–Crippen LogP) is 2.07. The lowest BCUT2D eigenvalue weighted by molar-refractivity contribution is -0.131. The van der Waals surface area contributed by atoms with Crippen molar-refractivity contribution < 1.29 is 9.18 Å². The lowest BCUT2D eigenvalue weighted by atomic mass is 10.2. The van der Waals surface area contributed by atoms with Gasteiger partial charge in [0.1, 0.15) is 12.4 Å². The fourth-order valence-corrected chi connectivity index (χ4v) is 2.87. The molecule has 0 spiro atoms. The van der Waals surface area contributed by atoms with Crippen molar-refractivity contribution in [2.45, 2.75) is 19.9 Å². The Bertz CT molecular complexity index is 667. The second-order valence-electron chi connectivity index (χ2n) is 5.85. The van der Waals surface area contributed by atoms with Gasteiger partial charge in [0.25, 0.3) is 0 Å². The smallest absolute Gasteiger partial charge is 0.244 e. The molecule has 1 amide bonds. The second kappa shape index (κ2) is 6.81. The van der Waals surface area contributed by atoms with E-state index >= 15 is 0 Å². The van der Waals surface area contributed by atoms with Crippen LogP contribution in [0.2, 0.25) is 0 Å². The van der Waals surface area contributed by atoms with Crippen LogP contribution in [0.4, 0.5) is 10.1 Å². The van der Waals surface area contributed by atoms with Crippen LogP contribution in [0.1, 0.15) is 12.1 Å². The van der Waals surface area contributed by atoms with Crippen LogP contribution >= 0.6 is 0 Å². The number of nitrogens with zero attached hydrogens (tertiary/aromatic N) is 4. The van der Waals surface area contributed by atoms with Crippen LogP contribution < -0.4 is 4.90 Å². The largest absolute Gasteiger partial charge is 0.370 e. The molecule has 122 valence electrons. The van der Waals surface area contributed by atoms with Crippen LogP contribution in [-0.4, -0.2) is 46.8 Å². The maximum Gasteiger partial charge on any atom is 0.244 e. The summed E-state index contributed by atoms with van der Waals surface area (Å²) in [5.74, 6) is -0.135. The standard InChI is InChI=1S/C17H21FN4O/c1-14-7-10-22(19-14)13-17(23)21-9-2-8-20(11-12-21)16-5-3-15(18)4-6-16/h3-7,10H,2,8-9,11-13H2,1H3. The molecule has 2 aromatic rings. The zero-order valence-corrected chi connectivity index (χ0v) is 13.3. The minimum atomic E-state index is -0.227. The number of rotatable bonds is 3. The summed E-state index contributed by atoms with van der Waals surface area (Å²) in [6, 6.07) is 8.43. The van der Waals surface area contributed by atoms with Gasteiger partial charge < -0.3 is 9.80 Å². The molecule has 5 nitrogen and oxygen atoms in total. The van der Waals surface area contributed by atoms with E-state index in [1.807, 2.05) is 24.1 Å². The SMILES string of the molecule is Cc1ccn(CC(=O)N2CCCN(c3ccc(F)cc3)CC2)n1. The maximum absolute atomic E-state index is 13.0. The Balaban J connectivity index is 1.59. The highest BCUT2D eigenvalue weighted by Crippen LogP contribution is 2.17. The molecule has 1 aliphatic heterocycles. The van der Waals surface area contributed by atoms with E-state index < -0.39 is 0 Å². The van der Waals surface area contributed by atoms with Crippen molar-refractivity contribution in [3.8, 4) is 0 Å². The van der Waals surface area contributed by atoms with Crippen molar-refractivity contribution in [1.29, 1.82) is 0 Å². The van der Waals surface area contributed by atoms with Gasteiger partial charge in [0.15, 0.2) is 0 Å². The van der Waals surface area contributed by atoms with Gasteiger partial charge in [-0.15, -0.1) is 0 Å². The third-order valence-electron chi connectivity index (χ3n) is 4.11. The number of anilines is 1. The fourth-order valence-electron chi connectivity index (χ4n) is 2.87. The average molecular weight is 316 g/mol. The summed E-state index contributed by atoms with van der Waals surface area (Å²) in [6.45, 7) is 5.25. The minimum Gasteiger partial charge on any atom is -0.370 e. The number of hydrogen-bond acceptors (Lipinski definition) is 3. The summed E-state index contributed by atoms with van der Waals surface area (Å²) < 4.78 is 14.7. The molecule has 1 fully saturated rings. The molecule has 0 aliphatic carbocycles. The molecule has 2 heterocycles. The minimum absolute atomic E-state index is 0.0917. The number of halogens is 1. The molecule has 0 saturated carbocycles. The summed E-state index contributed by atoms with van der Waals surface area (Å²) in [4.78, 5) is 16.5. The molecule has 3 rings (SSSR count). The molecule has 1 aromatic heterocycles. The van der Waals surface area contributed by atoms with E-state index in [2.05, 4.69) is 10.00 Å². The number of hydrogen-bond donors (Lipinski definition) is 0. The highest BCUT2D eigenvalue weighted by molar-refractivity contribution is 5.76. The van der Waals surface area contributed by atoms with Crippen molar-refractivity contribution in [2.75, 3.05) is 31.1 Å². The Hall–Kier alpha value is -2.37. The van der Waals surface area contributed by atoms with Gasteiger partial charge >= 0.3 is 0 Å². The molecule has 0 unspecified atom stereocenters. The first-order valence-corrected chi connectivity index (χ1v) is 7.90. The number of aryl methyl sites for hydroxylation is 1. The Labute approximate surface area is 135 Å². The monoisotopic (exact) mass is 316 g/mol. The first kappa shape index (κ1) is 15.5. The van der Waals surface area contributed by atoms with E-state index in [1.54, 1.807) is 16.8 Å². The number of benzene rings is 1. The van der Waals surface area contributed by atoms with Gasteiger partial charge in [0.05, 0.1) is 5.69 Å². The van der Waals surface area contributed by atoms with Gasteiger partial charge in [0, 0.05) is 38.1 Å². The fraction of sp³-hybridized carbons (Fsp3) is 0.412. The van der Waals surface area contributed by atoms with Crippen molar-refractivity contribution in [2.24, 2.45) is 0 Å². The Morgan fingerprint density at radius 1 is 1.13 bits per heavy atom. The zero-order valence-electron chi connectivity index (χ0n) is 13.3. The number of carbonyl (C=O) groups excluding carboxylic acids is 1. The molecule has 0 bridgehead atoms. The molecule has 6 heteroatoms. The topological polar surface area (TPSA) is 41.4 Å². The lowest BCUT2D eigenvalue weighted by Gasteiger charge is -2.23. The molecule has 1 aromatic carbocycles. The molecule has 0 atom stereocenters. The van der Waals surface area contributed by atoms with Gasteiger partial charge in [-0.25, -0.2) is 4.39 Å². The zero-order chi connectivity index (χ0) is 16.2. The Morgan fingerprint density at radius 2 is 1.91 bits per heavy atom. The highest BCUT2D eigenvalue weighted by Gasteiger charge is 2.19. The average Bonchev–Trinajstić information content (AvgIpc) is 2.80. The van der Waals surface area contributed by atoms with E-state index in [4.69, 9.17) is 0 Å². The summed E-state index contributed by atoms with van der Waals surface area (Å²) >= 11 is 0. The molecule has 0 N–H and O–H groups in total. The highest BCUT2D eigenvalue weighted by atomic mass is 19.1. The molecular formula is C17H21FN4O. The van der Waals surface area contributed by atoms with Crippen LogP contribution in [0, 0.1) is 12.7 Å². The van der Waals surface area contributed by atoms with Crippen LogP contribution in [0.3, 0.4) is 0 Å². The van der Waals surface area contributed by atoms with Crippen molar-refractivity contribution in [1.82, 2.24) is 14.7 Å². The van der Waals surface area contributed by atoms with Crippen molar-refractivity contribution in [3.05, 3.63) is 48.0 Å². The van der Waals surface area contributed by atoms with Gasteiger partial charge in [-0.2, -0.15) is 5.10 Å². The first-order valence-electron chi connectivity index (χ1n) is 7.90. The Kier molecular flexibility index (Phi) is 4.60. The van der Waals surface area contributed by atoms with Crippen molar-refractivity contribution in [3.63, 3.8) is 0 Å². The summed E-state index contributed by atoms with van der Waals surface area (Å²) in [7, 11) is 0. The summed E-state index contributed by atoms with van der Waals surface area (Å²) in [6.07, 6.45) is 2.73. The number of amides is 1. The molecule has 1 aliphatic rings. The third-order valence-corrected chi connectivity index (χ3v) is 4.11. The molecule has 1 saturated heterocycles. The van der Waals surface area contributed by atoms with Gasteiger partial charge in [-0.05, 0) is 43.7 Å². The Morgan fingerprint density at radius 3 is 2.61 bits per heavy atom. The number of aromatic nitrogens is 2. The van der Waals surface area contributed by atoms with Crippen LogP contribution in [0.5, 0.6) is 0 Å². The van der Waals surface area contributed by atoms with E-state index in [0.717, 1.165) is 37.4 Å².